The summed E-state index contributed by atoms with van der Waals surface area (Å²) in [7, 11) is 3.33. The van der Waals surface area contributed by atoms with Gasteiger partial charge in [0.25, 0.3) is 5.91 Å². The van der Waals surface area contributed by atoms with E-state index in [0.29, 0.717) is 39.4 Å². The van der Waals surface area contributed by atoms with Gasteiger partial charge in [-0.2, -0.15) is 10.1 Å². The van der Waals surface area contributed by atoms with Crippen LogP contribution in [0.3, 0.4) is 0 Å². The van der Waals surface area contributed by atoms with Crippen molar-refractivity contribution in [2.75, 3.05) is 31.8 Å². The van der Waals surface area contributed by atoms with E-state index in [1.807, 2.05) is 30.3 Å². The second-order valence-corrected chi connectivity index (χ2v) is 8.12. The molecule has 35 heavy (non-hydrogen) atoms. The van der Waals surface area contributed by atoms with Gasteiger partial charge < -0.3 is 21.1 Å². The number of rotatable bonds is 6. The lowest BCUT2D eigenvalue weighted by molar-refractivity contribution is 0.0828. The van der Waals surface area contributed by atoms with E-state index in [1.165, 1.54) is 10.5 Å². The Hall–Kier alpha value is -4.02. The Kier molecular flexibility index (Phi) is 8.71. The van der Waals surface area contributed by atoms with Crippen LogP contribution in [-0.4, -0.2) is 61.8 Å². The molecule has 0 saturated heterocycles. The quantitative estimate of drug-likeness (QED) is 0.318. The molecular formula is C24H27ClN8O2. The van der Waals surface area contributed by atoms with Crippen molar-refractivity contribution in [3.63, 3.8) is 0 Å². The van der Waals surface area contributed by atoms with Crippen LogP contribution in [0.25, 0.3) is 11.4 Å². The van der Waals surface area contributed by atoms with Gasteiger partial charge in [-0.15, -0.1) is 0 Å². The van der Waals surface area contributed by atoms with E-state index in [-0.39, 0.29) is 18.3 Å². The minimum Gasteiger partial charge on any atom is -0.396 e. The van der Waals surface area contributed by atoms with Crippen molar-refractivity contribution >= 4 is 35.0 Å². The number of aryl methyl sites for hydroxylation is 1. The van der Waals surface area contributed by atoms with E-state index in [4.69, 9.17) is 22.4 Å². The van der Waals surface area contributed by atoms with Gasteiger partial charge in [-0.25, -0.2) is 9.97 Å². The molecule has 182 valence electrons. The average molecular weight is 495 g/mol. The third-order valence-electron chi connectivity index (χ3n) is 4.76. The van der Waals surface area contributed by atoms with Gasteiger partial charge in [0.2, 0.25) is 5.95 Å². The number of benzene rings is 2. The fourth-order valence-corrected chi connectivity index (χ4v) is 3.26. The van der Waals surface area contributed by atoms with Gasteiger partial charge in [0.15, 0.2) is 5.82 Å². The summed E-state index contributed by atoms with van der Waals surface area (Å²) in [6.45, 7) is 2.03. The largest absolute Gasteiger partial charge is 0.396 e. The highest BCUT2D eigenvalue weighted by Crippen LogP contribution is 2.25. The summed E-state index contributed by atoms with van der Waals surface area (Å²) in [5, 5.41) is 18.6. The topological polar surface area (TPSA) is 146 Å². The maximum Gasteiger partial charge on any atom is 0.254 e. The molecule has 0 aliphatic carbocycles. The van der Waals surface area contributed by atoms with Gasteiger partial charge in [0.1, 0.15) is 11.6 Å². The smallest absolute Gasteiger partial charge is 0.254 e. The summed E-state index contributed by atoms with van der Waals surface area (Å²) < 4.78 is 0. The van der Waals surface area contributed by atoms with Crippen LogP contribution in [0, 0.1) is 6.92 Å². The fraction of sp³-hybridized carbons (Fsp3) is 0.208. The van der Waals surface area contributed by atoms with Crippen molar-refractivity contribution in [2.24, 2.45) is 0 Å². The van der Waals surface area contributed by atoms with Crippen molar-refractivity contribution in [1.29, 1.82) is 0 Å². The van der Waals surface area contributed by atoms with Crippen molar-refractivity contribution < 1.29 is 9.90 Å². The first-order chi connectivity index (χ1) is 16.8. The Morgan fingerprint density at radius 1 is 1.17 bits per heavy atom. The number of H-pyrrole nitrogens is 1. The number of aliphatic hydroxyl groups is 1. The molecule has 0 radical (unpaired) electrons. The zero-order valence-corrected chi connectivity index (χ0v) is 20.4. The highest BCUT2D eigenvalue weighted by Gasteiger charge is 2.14. The average Bonchev–Trinajstić information content (AvgIpc) is 3.26. The van der Waals surface area contributed by atoms with Crippen LogP contribution in [-0.2, 0) is 6.42 Å². The van der Waals surface area contributed by atoms with E-state index < -0.39 is 0 Å². The summed E-state index contributed by atoms with van der Waals surface area (Å²) >= 11 is 6.20. The second-order valence-electron chi connectivity index (χ2n) is 7.72. The first kappa shape index (κ1) is 25.6. The van der Waals surface area contributed by atoms with Gasteiger partial charge >= 0.3 is 0 Å². The van der Waals surface area contributed by atoms with E-state index in [0.717, 1.165) is 6.42 Å². The Morgan fingerprint density at radius 3 is 2.49 bits per heavy atom. The number of aromatic nitrogens is 5. The van der Waals surface area contributed by atoms with E-state index in [2.05, 4.69) is 30.5 Å². The molecule has 2 aromatic heterocycles. The molecule has 0 atom stereocenters. The van der Waals surface area contributed by atoms with Gasteiger partial charge in [0.05, 0.1) is 16.1 Å². The van der Waals surface area contributed by atoms with Crippen molar-refractivity contribution in [3.05, 3.63) is 76.7 Å². The van der Waals surface area contributed by atoms with E-state index >= 15 is 0 Å². The number of carbonyl (C=O) groups is 1. The number of hydrogen-bond donors (Lipinski definition) is 4. The molecule has 10 nitrogen and oxygen atoms in total. The van der Waals surface area contributed by atoms with Crippen LogP contribution in [0.5, 0.6) is 0 Å². The molecule has 5 N–H and O–H groups in total. The van der Waals surface area contributed by atoms with Crippen LogP contribution in [0.4, 0.5) is 17.5 Å². The van der Waals surface area contributed by atoms with Crippen LogP contribution < -0.4 is 11.1 Å². The normalized spacial score (nSPS) is 10.3. The lowest BCUT2D eigenvalue weighted by Crippen LogP contribution is -2.21. The number of carbonyl (C=O) groups excluding carboxylic acids is 1. The first-order valence-corrected chi connectivity index (χ1v) is 11.1. The standard InChI is InChI=1S/C16H17ClN8O.C8H10O/c1-8-20-14(24-23-8)11-7-19-16(22-13(11)18)21-9-4-5-10(12(17)6-9)15(26)25(2)3;9-7-6-8-4-2-1-3-5-8/h4-7H,1-3H3,(H,20,23,24)(H3,18,19,21,22);1-5,9H,6-7H2. The molecule has 4 aromatic rings. The maximum atomic E-state index is 12.0. The predicted octanol–water partition coefficient (Wildman–Crippen LogP) is 3.47. The third kappa shape index (κ3) is 6.98. The molecule has 0 bridgehead atoms. The third-order valence-corrected chi connectivity index (χ3v) is 5.07. The zero-order chi connectivity index (χ0) is 25.4. The van der Waals surface area contributed by atoms with Gasteiger partial charge in [-0.3, -0.25) is 9.89 Å². The molecule has 0 spiro atoms. The SMILES string of the molecule is Cc1nc(-c2cnc(Nc3ccc(C(=O)N(C)C)c(Cl)c3)nc2N)n[nH]1.OCCc1ccccc1. The number of nitrogen functional groups attached to an aromatic ring is 1. The molecule has 0 saturated carbocycles. The second kappa shape index (κ2) is 11.9. The summed E-state index contributed by atoms with van der Waals surface area (Å²) in [6.07, 6.45) is 2.31. The number of nitrogens with zero attached hydrogens (tertiary/aromatic N) is 5. The number of hydrogen-bond acceptors (Lipinski definition) is 8. The van der Waals surface area contributed by atoms with Crippen molar-refractivity contribution in [2.45, 2.75) is 13.3 Å². The number of amides is 1. The van der Waals surface area contributed by atoms with E-state index in [9.17, 15) is 4.79 Å². The molecule has 0 aliphatic heterocycles. The molecule has 1 amide bonds. The van der Waals surface area contributed by atoms with Crippen molar-refractivity contribution in [3.8, 4) is 11.4 Å². The first-order valence-electron chi connectivity index (χ1n) is 10.7. The molecule has 11 heteroatoms. The number of anilines is 3. The van der Waals surface area contributed by atoms with Crippen LogP contribution >= 0.6 is 11.6 Å². The molecular weight excluding hydrogens is 468 g/mol. The maximum absolute atomic E-state index is 12.0. The summed E-state index contributed by atoms with van der Waals surface area (Å²) in [5.74, 6) is 1.46. The molecule has 0 fully saturated rings. The highest BCUT2D eigenvalue weighted by molar-refractivity contribution is 6.34. The Balaban J connectivity index is 0.000000320. The Bertz CT molecular complexity index is 1280. The zero-order valence-electron chi connectivity index (χ0n) is 19.7. The molecule has 4 rings (SSSR count). The lowest BCUT2D eigenvalue weighted by atomic mass is 10.2. The number of aliphatic hydroxyl groups excluding tert-OH is 1. The van der Waals surface area contributed by atoms with Crippen LogP contribution in [0.1, 0.15) is 21.7 Å². The minimum absolute atomic E-state index is 0.173. The number of nitrogens with one attached hydrogen (secondary N) is 2. The summed E-state index contributed by atoms with van der Waals surface area (Å²) in [6, 6.07) is 14.9. The van der Waals surface area contributed by atoms with Crippen LogP contribution in [0.2, 0.25) is 5.02 Å². The molecule has 0 aliphatic rings. The number of halogens is 1. The van der Waals surface area contributed by atoms with E-state index in [1.54, 1.807) is 45.4 Å². The van der Waals surface area contributed by atoms with Crippen LogP contribution in [0.15, 0.2) is 54.7 Å². The van der Waals surface area contributed by atoms with Gasteiger partial charge in [-0.1, -0.05) is 41.9 Å². The monoisotopic (exact) mass is 494 g/mol. The Labute approximate surface area is 208 Å². The predicted molar refractivity (Wildman–Crippen MR) is 137 cm³/mol. The number of nitrogens with two attached hydrogens (primary N) is 1. The highest BCUT2D eigenvalue weighted by atomic mass is 35.5. The number of aromatic amines is 1. The molecule has 0 unspecified atom stereocenters. The fourth-order valence-electron chi connectivity index (χ4n) is 3.00. The molecule has 2 heterocycles. The van der Waals surface area contributed by atoms with Gasteiger partial charge in [-0.05, 0) is 37.1 Å². The molecule has 2 aromatic carbocycles. The van der Waals surface area contributed by atoms with Crippen molar-refractivity contribution in [1.82, 2.24) is 30.0 Å². The van der Waals surface area contributed by atoms with Gasteiger partial charge in [0, 0.05) is 32.6 Å². The minimum atomic E-state index is -0.173. The Morgan fingerprint density at radius 2 is 1.91 bits per heavy atom. The summed E-state index contributed by atoms with van der Waals surface area (Å²) in [5.41, 5.74) is 8.75. The lowest BCUT2D eigenvalue weighted by Gasteiger charge is -2.13. The summed E-state index contributed by atoms with van der Waals surface area (Å²) in [4.78, 5) is 26.1.